The third kappa shape index (κ3) is 4.57. The Morgan fingerprint density at radius 2 is 2.08 bits per heavy atom. The Morgan fingerprint density at radius 3 is 2.69 bits per heavy atom. The van der Waals surface area contributed by atoms with Crippen molar-refractivity contribution in [2.75, 3.05) is 33.4 Å². The molecule has 1 aliphatic rings. The number of likely N-dealkylation sites (tertiary alicyclic amines) is 1. The highest BCUT2D eigenvalue weighted by molar-refractivity contribution is 4.70. The van der Waals surface area contributed by atoms with E-state index in [4.69, 9.17) is 5.84 Å². The first-order valence-corrected chi connectivity index (χ1v) is 5.15. The van der Waals surface area contributed by atoms with Gasteiger partial charge in [0.05, 0.1) is 6.67 Å². The van der Waals surface area contributed by atoms with Gasteiger partial charge in [-0.3, -0.25) is 5.84 Å². The molecule has 13 heavy (non-hydrogen) atoms. The van der Waals surface area contributed by atoms with Crippen LogP contribution in [-0.2, 0) is 0 Å². The summed E-state index contributed by atoms with van der Waals surface area (Å²) in [5, 5.41) is 3.24. The molecule has 0 saturated carbocycles. The predicted octanol–water partition coefficient (Wildman–Crippen LogP) is -0.271. The molecule has 0 aromatic carbocycles. The summed E-state index contributed by atoms with van der Waals surface area (Å²) in [7, 11) is 2.20. The summed E-state index contributed by atoms with van der Waals surface area (Å²) < 4.78 is 0. The van der Waals surface area contributed by atoms with Crippen molar-refractivity contribution in [3.8, 4) is 0 Å². The molecule has 0 aliphatic carbocycles. The first-order valence-electron chi connectivity index (χ1n) is 5.15. The lowest BCUT2D eigenvalue weighted by Crippen LogP contribution is -2.36. The highest BCUT2D eigenvalue weighted by Gasteiger charge is 2.15. The van der Waals surface area contributed by atoms with Gasteiger partial charge in [-0.1, -0.05) is 0 Å². The van der Waals surface area contributed by atoms with Crippen LogP contribution in [0.2, 0.25) is 0 Å². The number of hydrazine groups is 1. The Hall–Kier alpha value is -0.160. The average molecular weight is 186 g/mol. The molecular formula is C9H22N4. The molecule has 1 heterocycles. The van der Waals surface area contributed by atoms with Crippen LogP contribution in [0.1, 0.15) is 19.3 Å². The molecule has 4 N–H and O–H groups in total. The standard InChI is InChI=1S/C9H22N4/c1-13-6-3-9(4-7-13)2-5-11-8-12-10/h9,11-12H,2-8,10H2,1H3. The van der Waals surface area contributed by atoms with Crippen molar-refractivity contribution in [2.24, 2.45) is 11.8 Å². The molecule has 0 aromatic rings. The van der Waals surface area contributed by atoms with Gasteiger partial charge in [0.2, 0.25) is 0 Å². The maximum atomic E-state index is 5.15. The van der Waals surface area contributed by atoms with Crippen LogP contribution >= 0.6 is 0 Å². The van der Waals surface area contributed by atoms with Crippen LogP contribution < -0.4 is 16.6 Å². The first-order chi connectivity index (χ1) is 6.33. The van der Waals surface area contributed by atoms with Crippen molar-refractivity contribution in [1.29, 1.82) is 0 Å². The van der Waals surface area contributed by atoms with Gasteiger partial charge in [0.15, 0.2) is 0 Å². The molecule has 78 valence electrons. The first kappa shape index (κ1) is 10.9. The van der Waals surface area contributed by atoms with E-state index in [1.165, 1.54) is 32.4 Å². The van der Waals surface area contributed by atoms with E-state index in [0.717, 1.165) is 12.5 Å². The molecule has 4 nitrogen and oxygen atoms in total. The average Bonchev–Trinajstić information content (AvgIpc) is 2.15. The SMILES string of the molecule is CN1CCC(CCNCNN)CC1. The van der Waals surface area contributed by atoms with Crippen LogP contribution in [0.15, 0.2) is 0 Å². The molecule has 0 unspecified atom stereocenters. The summed E-state index contributed by atoms with van der Waals surface area (Å²) in [5.74, 6) is 6.06. The van der Waals surface area contributed by atoms with Crippen LogP contribution in [0.3, 0.4) is 0 Å². The Morgan fingerprint density at radius 1 is 1.38 bits per heavy atom. The van der Waals surface area contributed by atoms with E-state index in [2.05, 4.69) is 22.7 Å². The summed E-state index contributed by atoms with van der Waals surface area (Å²) in [5.41, 5.74) is 2.59. The fourth-order valence-electron chi connectivity index (χ4n) is 1.82. The highest BCUT2D eigenvalue weighted by Crippen LogP contribution is 2.18. The van der Waals surface area contributed by atoms with Gasteiger partial charge in [-0.2, -0.15) is 0 Å². The minimum absolute atomic E-state index is 0.715. The van der Waals surface area contributed by atoms with E-state index in [1.54, 1.807) is 0 Å². The van der Waals surface area contributed by atoms with E-state index >= 15 is 0 Å². The minimum Gasteiger partial charge on any atom is -0.306 e. The van der Waals surface area contributed by atoms with Gasteiger partial charge in [-0.05, 0) is 51.9 Å². The Bertz CT molecular complexity index is 121. The predicted molar refractivity (Wildman–Crippen MR) is 55.0 cm³/mol. The number of nitrogens with zero attached hydrogens (tertiary/aromatic N) is 1. The quantitative estimate of drug-likeness (QED) is 0.239. The molecule has 1 aliphatic heterocycles. The number of nitrogens with one attached hydrogen (secondary N) is 2. The van der Waals surface area contributed by atoms with Crippen molar-refractivity contribution < 1.29 is 0 Å². The molecule has 0 spiro atoms. The van der Waals surface area contributed by atoms with Gasteiger partial charge >= 0.3 is 0 Å². The molecule has 0 amide bonds. The van der Waals surface area contributed by atoms with Gasteiger partial charge in [-0.15, -0.1) is 0 Å². The summed E-state index contributed by atoms with van der Waals surface area (Å²) in [6, 6.07) is 0. The maximum Gasteiger partial charge on any atom is 0.0587 e. The molecule has 0 radical (unpaired) electrons. The van der Waals surface area contributed by atoms with Crippen LogP contribution in [-0.4, -0.2) is 38.3 Å². The second-order valence-corrected chi connectivity index (χ2v) is 3.92. The fraction of sp³-hybridized carbons (Fsp3) is 1.00. The monoisotopic (exact) mass is 186 g/mol. The molecule has 0 bridgehead atoms. The molecule has 1 rings (SSSR count). The zero-order valence-electron chi connectivity index (χ0n) is 8.55. The second kappa shape index (κ2) is 6.32. The van der Waals surface area contributed by atoms with Crippen molar-refractivity contribution in [3.05, 3.63) is 0 Å². The van der Waals surface area contributed by atoms with Gasteiger partial charge in [0.25, 0.3) is 0 Å². The van der Waals surface area contributed by atoms with Crippen molar-refractivity contribution in [3.63, 3.8) is 0 Å². The fourth-order valence-corrected chi connectivity index (χ4v) is 1.82. The van der Waals surface area contributed by atoms with Gasteiger partial charge in [-0.25, -0.2) is 5.43 Å². The van der Waals surface area contributed by atoms with Gasteiger partial charge < -0.3 is 10.2 Å². The topological polar surface area (TPSA) is 53.3 Å². The Balaban J connectivity index is 1.96. The number of hydrogen-bond acceptors (Lipinski definition) is 4. The number of hydrogen-bond donors (Lipinski definition) is 3. The lowest BCUT2D eigenvalue weighted by molar-refractivity contribution is 0.211. The van der Waals surface area contributed by atoms with Crippen molar-refractivity contribution in [1.82, 2.24) is 15.6 Å². The smallest absolute Gasteiger partial charge is 0.0587 e. The molecule has 1 fully saturated rings. The normalized spacial score (nSPS) is 20.8. The summed E-state index contributed by atoms with van der Waals surface area (Å²) in [6.45, 7) is 4.32. The van der Waals surface area contributed by atoms with E-state index < -0.39 is 0 Å². The lowest BCUT2D eigenvalue weighted by Gasteiger charge is -2.28. The third-order valence-corrected chi connectivity index (χ3v) is 2.79. The van der Waals surface area contributed by atoms with Crippen LogP contribution in [0, 0.1) is 5.92 Å². The Kier molecular flexibility index (Phi) is 5.31. The van der Waals surface area contributed by atoms with E-state index in [9.17, 15) is 0 Å². The maximum absolute atomic E-state index is 5.15. The molecular weight excluding hydrogens is 164 g/mol. The molecule has 1 saturated heterocycles. The number of piperidine rings is 1. The number of nitrogens with two attached hydrogens (primary N) is 1. The van der Waals surface area contributed by atoms with E-state index in [-0.39, 0.29) is 0 Å². The highest BCUT2D eigenvalue weighted by atomic mass is 15.3. The van der Waals surface area contributed by atoms with Crippen LogP contribution in [0.5, 0.6) is 0 Å². The largest absolute Gasteiger partial charge is 0.306 e. The summed E-state index contributed by atoms with van der Waals surface area (Å²) in [6.07, 6.45) is 4.00. The van der Waals surface area contributed by atoms with E-state index in [0.29, 0.717) is 6.67 Å². The van der Waals surface area contributed by atoms with Gasteiger partial charge in [0, 0.05) is 0 Å². The zero-order chi connectivity index (χ0) is 9.52. The summed E-state index contributed by atoms with van der Waals surface area (Å²) >= 11 is 0. The Labute approximate surface area is 80.8 Å². The van der Waals surface area contributed by atoms with Crippen LogP contribution in [0.25, 0.3) is 0 Å². The number of rotatable bonds is 5. The van der Waals surface area contributed by atoms with Crippen molar-refractivity contribution in [2.45, 2.75) is 19.3 Å². The zero-order valence-corrected chi connectivity index (χ0v) is 8.55. The lowest BCUT2D eigenvalue weighted by atomic mass is 9.94. The van der Waals surface area contributed by atoms with Gasteiger partial charge in [0.1, 0.15) is 0 Å². The van der Waals surface area contributed by atoms with Crippen molar-refractivity contribution >= 4 is 0 Å². The minimum atomic E-state index is 0.715. The summed E-state index contributed by atoms with van der Waals surface area (Å²) in [4.78, 5) is 2.41. The second-order valence-electron chi connectivity index (χ2n) is 3.92. The third-order valence-electron chi connectivity index (χ3n) is 2.79. The van der Waals surface area contributed by atoms with E-state index in [1.807, 2.05) is 0 Å². The molecule has 0 atom stereocenters. The van der Waals surface area contributed by atoms with Crippen LogP contribution in [0.4, 0.5) is 0 Å². The molecule has 4 heteroatoms. The molecule has 0 aromatic heterocycles.